The zero-order valence-corrected chi connectivity index (χ0v) is 14.8. The quantitative estimate of drug-likeness (QED) is 0.738. The highest BCUT2D eigenvalue weighted by Gasteiger charge is 2.17. The van der Waals surface area contributed by atoms with Crippen molar-refractivity contribution in [1.82, 2.24) is 10.3 Å². The molecule has 3 nitrogen and oxygen atoms in total. The zero-order valence-electron chi connectivity index (χ0n) is 14.0. The summed E-state index contributed by atoms with van der Waals surface area (Å²) >= 11 is 1.86. The molecule has 4 heteroatoms. The van der Waals surface area contributed by atoms with E-state index in [1.165, 1.54) is 22.1 Å². The average Bonchev–Trinajstić information content (AvgIpc) is 2.79. The third-order valence-corrected chi connectivity index (χ3v) is 4.38. The third-order valence-electron chi connectivity index (χ3n) is 3.25. The summed E-state index contributed by atoms with van der Waals surface area (Å²) in [7, 11) is 0. The Hall–Kier alpha value is -0.610. The monoisotopic (exact) mass is 297 g/mol. The van der Waals surface area contributed by atoms with Crippen molar-refractivity contribution in [3.05, 3.63) is 10.6 Å². The molecule has 0 fully saturated rings. The van der Waals surface area contributed by atoms with Gasteiger partial charge in [0, 0.05) is 24.5 Å². The van der Waals surface area contributed by atoms with Crippen LogP contribution in [0, 0.1) is 5.92 Å². The largest absolute Gasteiger partial charge is 0.348 e. The van der Waals surface area contributed by atoms with Crippen molar-refractivity contribution >= 4 is 16.5 Å². The van der Waals surface area contributed by atoms with Crippen molar-refractivity contribution in [2.24, 2.45) is 5.92 Å². The lowest BCUT2D eigenvalue weighted by atomic mass is 10.1. The number of hydrogen-bond donors (Lipinski definition) is 1. The molecule has 1 rings (SSSR count). The molecule has 0 unspecified atom stereocenters. The molecule has 0 aliphatic rings. The van der Waals surface area contributed by atoms with Crippen molar-refractivity contribution in [3.63, 3.8) is 0 Å². The maximum absolute atomic E-state index is 4.90. The van der Waals surface area contributed by atoms with Gasteiger partial charge in [-0.2, -0.15) is 0 Å². The summed E-state index contributed by atoms with van der Waals surface area (Å²) in [6.45, 7) is 17.6. The Morgan fingerprint density at radius 2 is 1.90 bits per heavy atom. The lowest BCUT2D eigenvalue weighted by Crippen LogP contribution is -2.23. The molecule has 0 aliphatic carbocycles. The Kier molecular flexibility index (Phi) is 7.52. The molecule has 0 saturated carbocycles. The Bertz CT molecular complexity index is 385. The first kappa shape index (κ1) is 17.4. The van der Waals surface area contributed by atoms with E-state index in [0.29, 0.717) is 11.8 Å². The Balaban J connectivity index is 2.83. The highest BCUT2D eigenvalue weighted by atomic mass is 32.1. The number of thiazole rings is 1. The summed E-state index contributed by atoms with van der Waals surface area (Å²) < 4.78 is 0. The van der Waals surface area contributed by atoms with Crippen LogP contribution in [0.4, 0.5) is 5.13 Å². The molecule has 0 aliphatic heterocycles. The van der Waals surface area contributed by atoms with E-state index in [0.717, 1.165) is 26.2 Å². The van der Waals surface area contributed by atoms with Crippen molar-refractivity contribution in [2.75, 3.05) is 24.5 Å². The number of rotatable bonds is 9. The average molecular weight is 298 g/mol. The lowest BCUT2D eigenvalue weighted by Gasteiger charge is -2.18. The van der Waals surface area contributed by atoms with Gasteiger partial charge in [-0.15, -0.1) is 11.3 Å². The first-order valence-corrected chi connectivity index (χ1v) is 8.76. The van der Waals surface area contributed by atoms with E-state index in [4.69, 9.17) is 4.98 Å². The third kappa shape index (κ3) is 5.06. The van der Waals surface area contributed by atoms with Gasteiger partial charge in [0.15, 0.2) is 5.13 Å². The minimum atomic E-state index is 0.496. The predicted octanol–water partition coefficient (Wildman–Crippen LogP) is 4.25. The molecule has 0 spiro atoms. The van der Waals surface area contributed by atoms with Crippen molar-refractivity contribution in [3.8, 4) is 0 Å². The molecule has 1 N–H and O–H groups in total. The summed E-state index contributed by atoms with van der Waals surface area (Å²) in [4.78, 5) is 8.70. The molecule has 1 heterocycles. The maximum atomic E-state index is 4.90. The van der Waals surface area contributed by atoms with E-state index >= 15 is 0 Å². The molecule has 116 valence electrons. The van der Waals surface area contributed by atoms with Gasteiger partial charge in [-0.3, -0.25) is 0 Å². The maximum Gasteiger partial charge on any atom is 0.185 e. The van der Waals surface area contributed by atoms with Crippen LogP contribution < -0.4 is 10.2 Å². The summed E-state index contributed by atoms with van der Waals surface area (Å²) in [6, 6.07) is 0. The van der Waals surface area contributed by atoms with Gasteiger partial charge in [-0.1, -0.05) is 34.6 Å². The second kappa shape index (κ2) is 8.63. The van der Waals surface area contributed by atoms with Crippen LogP contribution in [0.15, 0.2) is 0 Å². The van der Waals surface area contributed by atoms with E-state index in [9.17, 15) is 0 Å². The second-order valence-corrected chi connectivity index (χ2v) is 7.13. The van der Waals surface area contributed by atoms with E-state index in [2.05, 4.69) is 51.8 Å². The Morgan fingerprint density at radius 1 is 1.20 bits per heavy atom. The van der Waals surface area contributed by atoms with Crippen molar-refractivity contribution in [2.45, 2.75) is 60.4 Å². The summed E-state index contributed by atoms with van der Waals surface area (Å²) in [6.07, 6.45) is 1.17. The Labute approximate surface area is 128 Å². The van der Waals surface area contributed by atoms with Crippen LogP contribution in [0.3, 0.4) is 0 Å². The number of anilines is 1. The molecular weight excluding hydrogens is 266 g/mol. The molecule has 0 saturated heterocycles. The molecule has 1 aromatic rings. The number of nitrogens with zero attached hydrogens (tertiary/aromatic N) is 2. The van der Waals surface area contributed by atoms with E-state index < -0.39 is 0 Å². The zero-order chi connectivity index (χ0) is 15.1. The van der Waals surface area contributed by atoms with Gasteiger partial charge in [0.25, 0.3) is 0 Å². The van der Waals surface area contributed by atoms with Gasteiger partial charge in [0.05, 0.1) is 5.69 Å². The molecule has 20 heavy (non-hydrogen) atoms. The molecule has 0 radical (unpaired) electrons. The molecular formula is C16H31N3S. The van der Waals surface area contributed by atoms with Crippen molar-refractivity contribution in [1.29, 1.82) is 0 Å². The van der Waals surface area contributed by atoms with Gasteiger partial charge in [-0.25, -0.2) is 4.98 Å². The summed E-state index contributed by atoms with van der Waals surface area (Å²) in [5.74, 6) is 1.19. The standard InChI is InChI=1S/C16H31N3S/c1-7-9-19(8-2)16-18-15(13(5)6)14(20-16)11-17-10-12(3)4/h12-13,17H,7-11H2,1-6H3. The minimum Gasteiger partial charge on any atom is -0.348 e. The van der Waals surface area contributed by atoms with Crippen molar-refractivity contribution < 1.29 is 0 Å². The molecule has 0 amide bonds. The minimum absolute atomic E-state index is 0.496. The van der Waals surface area contributed by atoms with Crippen LogP contribution in [0.1, 0.15) is 64.5 Å². The van der Waals surface area contributed by atoms with Gasteiger partial charge in [0.1, 0.15) is 0 Å². The van der Waals surface area contributed by atoms with Gasteiger partial charge in [-0.05, 0) is 31.7 Å². The Morgan fingerprint density at radius 3 is 2.40 bits per heavy atom. The topological polar surface area (TPSA) is 28.2 Å². The van der Waals surface area contributed by atoms with Gasteiger partial charge < -0.3 is 10.2 Å². The van der Waals surface area contributed by atoms with Gasteiger partial charge in [0.2, 0.25) is 0 Å². The van der Waals surface area contributed by atoms with Crippen LogP contribution in [-0.4, -0.2) is 24.6 Å². The van der Waals surface area contributed by atoms with Crippen LogP contribution in [-0.2, 0) is 6.54 Å². The normalized spacial score (nSPS) is 11.6. The highest BCUT2D eigenvalue weighted by molar-refractivity contribution is 7.15. The van der Waals surface area contributed by atoms with E-state index in [1.807, 2.05) is 11.3 Å². The predicted molar refractivity (Wildman–Crippen MR) is 90.9 cm³/mol. The van der Waals surface area contributed by atoms with Gasteiger partial charge >= 0.3 is 0 Å². The van der Waals surface area contributed by atoms with Crippen LogP contribution in [0.2, 0.25) is 0 Å². The fourth-order valence-electron chi connectivity index (χ4n) is 2.20. The fourth-order valence-corrected chi connectivity index (χ4v) is 3.47. The number of hydrogen-bond acceptors (Lipinski definition) is 4. The lowest BCUT2D eigenvalue weighted by molar-refractivity contribution is 0.552. The van der Waals surface area contributed by atoms with Crippen LogP contribution in [0.25, 0.3) is 0 Å². The molecule has 0 aromatic carbocycles. The molecule has 0 atom stereocenters. The fraction of sp³-hybridized carbons (Fsp3) is 0.812. The van der Waals surface area contributed by atoms with Crippen LogP contribution in [0.5, 0.6) is 0 Å². The summed E-state index contributed by atoms with van der Waals surface area (Å²) in [5.41, 5.74) is 1.27. The van der Waals surface area contributed by atoms with Crippen LogP contribution >= 0.6 is 11.3 Å². The second-order valence-electron chi connectivity index (χ2n) is 6.06. The molecule has 1 aromatic heterocycles. The smallest absolute Gasteiger partial charge is 0.185 e. The highest BCUT2D eigenvalue weighted by Crippen LogP contribution is 2.30. The first-order valence-electron chi connectivity index (χ1n) is 7.94. The SMILES string of the molecule is CCCN(CC)c1nc(C(C)C)c(CNCC(C)C)s1. The number of aromatic nitrogens is 1. The van der Waals surface area contributed by atoms with E-state index in [-0.39, 0.29) is 0 Å². The van der Waals surface area contributed by atoms with E-state index in [1.54, 1.807) is 0 Å². The summed E-state index contributed by atoms with van der Waals surface area (Å²) in [5, 5.41) is 4.74. The number of nitrogens with one attached hydrogen (secondary N) is 1. The first-order chi connectivity index (χ1) is 9.49. The molecule has 0 bridgehead atoms.